The van der Waals surface area contributed by atoms with E-state index >= 15 is 0 Å². The van der Waals surface area contributed by atoms with E-state index in [1.54, 1.807) is 0 Å². The molecule has 3 N–H and O–H groups in total. The Balaban J connectivity index is 3.04. The zero-order valence-electron chi connectivity index (χ0n) is 10.3. The predicted molar refractivity (Wildman–Crippen MR) is 63.0 cm³/mol. The molecule has 100 valence electrons. The van der Waals surface area contributed by atoms with Crippen LogP contribution in [-0.4, -0.2) is 31.3 Å². The molecule has 1 aromatic rings. The summed E-state index contributed by atoms with van der Waals surface area (Å²) in [6.07, 6.45) is -0.0815. The van der Waals surface area contributed by atoms with Crippen molar-refractivity contribution in [2.24, 2.45) is 5.73 Å². The van der Waals surface area contributed by atoms with Crippen LogP contribution in [0.5, 0.6) is 5.75 Å². The first-order valence-corrected chi connectivity index (χ1v) is 5.32. The summed E-state index contributed by atoms with van der Waals surface area (Å²) in [5.74, 6) is -1.34. The number of methoxy groups -OCH3 is 2. The van der Waals surface area contributed by atoms with Gasteiger partial charge in [0.25, 0.3) is 0 Å². The SMILES string of the molecule is COCc1cc(CC(N)C(=O)O)c(F)cc1OC. The highest BCUT2D eigenvalue weighted by Crippen LogP contribution is 2.24. The fraction of sp³-hybridized carbons (Fsp3) is 0.417. The molecule has 0 saturated heterocycles. The zero-order chi connectivity index (χ0) is 13.7. The van der Waals surface area contributed by atoms with Crippen molar-refractivity contribution in [3.63, 3.8) is 0 Å². The molecule has 18 heavy (non-hydrogen) atoms. The number of halogens is 1. The Labute approximate surface area is 104 Å². The van der Waals surface area contributed by atoms with E-state index in [9.17, 15) is 9.18 Å². The molecule has 1 rings (SSSR count). The van der Waals surface area contributed by atoms with Crippen molar-refractivity contribution in [3.8, 4) is 5.75 Å². The van der Waals surface area contributed by atoms with Crippen LogP contribution in [-0.2, 0) is 22.6 Å². The van der Waals surface area contributed by atoms with E-state index in [2.05, 4.69) is 0 Å². The second kappa shape index (κ2) is 6.32. The average molecular weight is 257 g/mol. The smallest absolute Gasteiger partial charge is 0.320 e. The molecule has 0 heterocycles. The van der Waals surface area contributed by atoms with Crippen LogP contribution < -0.4 is 10.5 Å². The standard InChI is InChI=1S/C12H16FNO4/c1-17-6-8-3-7(4-10(14)12(15)16)9(13)5-11(8)18-2/h3,5,10H,4,6,14H2,1-2H3,(H,15,16). The molecule has 0 amide bonds. The van der Waals surface area contributed by atoms with Crippen molar-refractivity contribution >= 4 is 5.97 Å². The van der Waals surface area contributed by atoms with Gasteiger partial charge in [-0.05, 0) is 11.6 Å². The Bertz CT molecular complexity index is 436. The lowest BCUT2D eigenvalue weighted by Crippen LogP contribution is -2.32. The minimum Gasteiger partial charge on any atom is -0.496 e. The maximum atomic E-state index is 13.7. The van der Waals surface area contributed by atoms with Gasteiger partial charge in [0.15, 0.2) is 0 Å². The first kappa shape index (κ1) is 14.4. The molecule has 1 aromatic carbocycles. The largest absolute Gasteiger partial charge is 0.496 e. The number of carbonyl (C=O) groups is 1. The highest BCUT2D eigenvalue weighted by atomic mass is 19.1. The summed E-state index contributed by atoms with van der Waals surface area (Å²) in [6.45, 7) is 0.249. The summed E-state index contributed by atoms with van der Waals surface area (Å²) in [6, 6.07) is 1.59. The molecular weight excluding hydrogens is 241 g/mol. The third kappa shape index (κ3) is 3.41. The van der Waals surface area contributed by atoms with E-state index < -0.39 is 17.8 Å². The van der Waals surface area contributed by atoms with E-state index in [1.807, 2.05) is 0 Å². The third-order valence-electron chi connectivity index (χ3n) is 2.51. The molecule has 1 unspecified atom stereocenters. The molecule has 0 spiro atoms. The van der Waals surface area contributed by atoms with E-state index in [1.165, 1.54) is 26.4 Å². The van der Waals surface area contributed by atoms with Crippen LogP contribution in [0.3, 0.4) is 0 Å². The van der Waals surface area contributed by atoms with Crippen LogP contribution in [0.2, 0.25) is 0 Å². The van der Waals surface area contributed by atoms with Crippen molar-refractivity contribution < 1.29 is 23.8 Å². The number of ether oxygens (including phenoxy) is 2. The maximum Gasteiger partial charge on any atom is 0.320 e. The molecule has 0 bridgehead atoms. The predicted octanol–water partition coefficient (Wildman–Crippen LogP) is 0.935. The minimum atomic E-state index is -1.17. The molecular formula is C12H16FNO4. The van der Waals surface area contributed by atoms with Crippen LogP contribution in [0.15, 0.2) is 12.1 Å². The van der Waals surface area contributed by atoms with Crippen LogP contribution in [0.4, 0.5) is 4.39 Å². The van der Waals surface area contributed by atoms with Crippen molar-refractivity contribution in [1.29, 1.82) is 0 Å². The summed E-state index contributed by atoms with van der Waals surface area (Å²) in [5, 5.41) is 8.71. The summed E-state index contributed by atoms with van der Waals surface area (Å²) < 4.78 is 23.7. The molecule has 0 aliphatic heterocycles. The normalized spacial score (nSPS) is 12.2. The van der Waals surface area contributed by atoms with Gasteiger partial charge < -0.3 is 20.3 Å². The highest BCUT2D eigenvalue weighted by molar-refractivity contribution is 5.73. The van der Waals surface area contributed by atoms with Crippen molar-refractivity contribution in [3.05, 3.63) is 29.1 Å². The number of carboxylic acids is 1. The fourth-order valence-corrected chi connectivity index (χ4v) is 1.59. The molecule has 0 aliphatic rings. The van der Waals surface area contributed by atoms with E-state index in [0.29, 0.717) is 11.3 Å². The van der Waals surface area contributed by atoms with E-state index in [0.717, 1.165) is 0 Å². The Hall–Kier alpha value is -1.66. The number of aliphatic carboxylic acids is 1. The fourth-order valence-electron chi connectivity index (χ4n) is 1.59. The summed E-state index contributed by atoms with van der Waals surface area (Å²) in [7, 11) is 2.93. The van der Waals surface area contributed by atoms with Crippen molar-refractivity contribution in [1.82, 2.24) is 0 Å². The number of hydrogen-bond donors (Lipinski definition) is 2. The topological polar surface area (TPSA) is 81.8 Å². The Kier molecular flexibility index (Phi) is 5.06. The Morgan fingerprint density at radius 1 is 1.44 bits per heavy atom. The maximum absolute atomic E-state index is 13.7. The van der Waals surface area contributed by atoms with Crippen LogP contribution in [0.25, 0.3) is 0 Å². The lowest BCUT2D eigenvalue weighted by Gasteiger charge is -2.13. The van der Waals surface area contributed by atoms with E-state index in [4.69, 9.17) is 20.3 Å². The molecule has 0 radical (unpaired) electrons. The molecule has 6 heteroatoms. The van der Waals surface area contributed by atoms with Gasteiger partial charge in [0.1, 0.15) is 17.6 Å². The van der Waals surface area contributed by atoms with Gasteiger partial charge in [-0.3, -0.25) is 4.79 Å². The number of carboxylic acid groups (broad SMARTS) is 1. The number of hydrogen-bond acceptors (Lipinski definition) is 4. The summed E-state index contributed by atoms with van der Waals surface area (Å²) in [5.41, 5.74) is 6.26. The average Bonchev–Trinajstić information content (AvgIpc) is 2.33. The van der Waals surface area contributed by atoms with Gasteiger partial charge in [-0.15, -0.1) is 0 Å². The number of benzene rings is 1. The molecule has 0 fully saturated rings. The van der Waals surface area contributed by atoms with Gasteiger partial charge in [0, 0.05) is 25.2 Å². The lowest BCUT2D eigenvalue weighted by atomic mass is 10.0. The Morgan fingerprint density at radius 2 is 2.11 bits per heavy atom. The number of rotatable bonds is 6. The molecule has 0 aromatic heterocycles. The molecule has 0 saturated carbocycles. The van der Waals surface area contributed by atoms with Gasteiger partial charge >= 0.3 is 5.97 Å². The molecule has 0 aliphatic carbocycles. The van der Waals surface area contributed by atoms with Crippen molar-refractivity contribution in [2.45, 2.75) is 19.1 Å². The lowest BCUT2D eigenvalue weighted by molar-refractivity contribution is -0.138. The van der Waals surface area contributed by atoms with Crippen LogP contribution >= 0.6 is 0 Å². The first-order valence-electron chi connectivity index (χ1n) is 5.32. The second-order valence-corrected chi connectivity index (χ2v) is 3.84. The van der Waals surface area contributed by atoms with Crippen molar-refractivity contribution in [2.75, 3.05) is 14.2 Å². The second-order valence-electron chi connectivity index (χ2n) is 3.84. The monoisotopic (exact) mass is 257 g/mol. The summed E-state index contributed by atoms with van der Waals surface area (Å²) in [4.78, 5) is 10.7. The van der Waals surface area contributed by atoms with Gasteiger partial charge in [-0.1, -0.05) is 0 Å². The van der Waals surface area contributed by atoms with Gasteiger partial charge in [0.2, 0.25) is 0 Å². The third-order valence-corrected chi connectivity index (χ3v) is 2.51. The van der Waals surface area contributed by atoms with Crippen LogP contribution in [0, 0.1) is 5.82 Å². The Morgan fingerprint density at radius 3 is 2.61 bits per heavy atom. The summed E-state index contributed by atoms with van der Waals surface area (Å²) >= 11 is 0. The first-order chi connectivity index (χ1) is 8.49. The minimum absolute atomic E-state index is 0.0815. The zero-order valence-corrected chi connectivity index (χ0v) is 10.3. The van der Waals surface area contributed by atoms with Gasteiger partial charge in [0.05, 0.1) is 13.7 Å². The van der Waals surface area contributed by atoms with Gasteiger partial charge in [-0.25, -0.2) is 4.39 Å². The molecule has 5 nitrogen and oxygen atoms in total. The number of nitrogens with two attached hydrogens (primary N) is 1. The van der Waals surface area contributed by atoms with Crippen LogP contribution in [0.1, 0.15) is 11.1 Å². The van der Waals surface area contributed by atoms with Gasteiger partial charge in [-0.2, -0.15) is 0 Å². The van der Waals surface area contributed by atoms with E-state index in [-0.39, 0.29) is 18.6 Å². The quantitative estimate of drug-likeness (QED) is 0.792. The molecule has 1 atom stereocenters. The highest BCUT2D eigenvalue weighted by Gasteiger charge is 2.17.